The first kappa shape index (κ1) is 18.8. The fourth-order valence-electron chi connectivity index (χ4n) is 3.34. The molecular weight excluding hydrogens is 355 g/mol. The lowest BCUT2D eigenvalue weighted by molar-refractivity contribution is -0.143. The first-order valence-electron chi connectivity index (χ1n) is 8.62. The fourth-order valence-corrected chi connectivity index (χ4v) is 3.47. The van der Waals surface area contributed by atoms with Gasteiger partial charge in [-0.3, -0.25) is 4.79 Å². The van der Waals surface area contributed by atoms with Crippen molar-refractivity contribution in [2.24, 2.45) is 5.73 Å². The van der Waals surface area contributed by atoms with Crippen molar-refractivity contribution in [2.75, 3.05) is 13.6 Å². The minimum absolute atomic E-state index is 0.0721. The van der Waals surface area contributed by atoms with Crippen molar-refractivity contribution in [1.29, 1.82) is 0 Å². The molecule has 26 heavy (non-hydrogen) atoms. The summed E-state index contributed by atoms with van der Waals surface area (Å²) in [4.78, 5) is 14.6. The van der Waals surface area contributed by atoms with E-state index >= 15 is 0 Å². The van der Waals surface area contributed by atoms with Gasteiger partial charge >= 0.3 is 0 Å². The lowest BCUT2D eigenvalue weighted by Gasteiger charge is -2.31. The summed E-state index contributed by atoms with van der Waals surface area (Å²) >= 11 is 6.00. The molecule has 1 saturated heterocycles. The highest BCUT2D eigenvalue weighted by Crippen LogP contribution is 2.31. The molecule has 1 aliphatic rings. The van der Waals surface area contributed by atoms with Crippen molar-refractivity contribution < 1.29 is 13.9 Å². The number of carbonyl (C=O) groups excluding carboxylic acids is 1. The Kier molecular flexibility index (Phi) is 5.91. The van der Waals surface area contributed by atoms with E-state index < -0.39 is 6.10 Å². The van der Waals surface area contributed by atoms with Crippen LogP contribution < -0.4 is 5.73 Å². The molecule has 3 rings (SSSR count). The average molecular weight is 377 g/mol. The molecule has 0 spiro atoms. The molecule has 0 bridgehead atoms. The van der Waals surface area contributed by atoms with E-state index in [9.17, 15) is 9.18 Å². The van der Waals surface area contributed by atoms with E-state index in [-0.39, 0.29) is 23.9 Å². The van der Waals surface area contributed by atoms with Gasteiger partial charge in [-0.25, -0.2) is 4.39 Å². The molecule has 4 nitrogen and oxygen atoms in total. The van der Waals surface area contributed by atoms with Crippen LogP contribution >= 0.6 is 11.6 Å². The number of ether oxygens (including phenoxy) is 1. The molecule has 2 N–H and O–H groups in total. The third-order valence-electron chi connectivity index (χ3n) is 4.75. The third kappa shape index (κ3) is 4.06. The largest absolute Gasteiger partial charge is 0.364 e. The number of carbonyl (C=O) groups is 1. The van der Waals surface area contributed by atoms with Crippen molar-refractivity contribution >= 4 is 17.5 Å². The average Bonchev–Trinajstić information content (AvgIpc) is 3.13. The van der Waals surface area contributed by atoms with Crippen LogP contribution in [0.4, 0.5) is 4.39 Å². The number of nitrogens with zero attached hydrogens (tertiary/aromatic N) is 1. The maximum absolute atomic E-state index is 13.4. The Hall–Kier alpha value is -1.95. The minimum atomic E-state index is -0.496. The van der Waals surface area contributed by atoms with Gasteiger partial charge in [0.15, 0.2) is 0 Å². The second kappa shape index (κ2) is 8.16. The van der Waals surface area contributed by atoms with Gasteiger partial charge in [0.05, 0.1) is 12.1 Å². The molecule has 1 heterocycles. The number of hydrogen-bond donors (Lipinski definition) is 1. The van der Waals surface area contributed by atoms with Crippen molar-refractivity contribution in [3.8, 4) is 0 Å². The zero-order chi connectivity index (χ0) is 18.7. The Balaban J connectivity index is 1.90. The third-order valence-corrected chi connectivity index (χ3v) is 5.00. The second-order valence-corrected chi connectivity index (χ2v) is 6.95. The molecule has 3 atom stereocenters. The molecule has 1 fully saturated rings. The van der Waals surface area contributed by atoms with Crippen molar-refractivity contribution in [3.63, 3.8) is 0 Å². The molecule has 1 unspecified atom stereocenters. The molecule has 0 saturated carbocycles. The molecule has 0 aromatic heterocycles. The van der Waals surface area contributed by atoms with E-state index in [2.05, 4.69) is 0 Å². The molecular formula is C20H22ClFN2O2. The monoisotopic (exact) mass is 376 g/mol. The van der Waals surface area contributed by atoms with Gasteiger partial charge < -0.3 is 15.4 Å². The summed E-state index contributed by atoms with van der Waals surface area (Å²) in [6, 6.07) is 13.1. The number of nitrogens with two attached hydrogens (primary N) is 1. The highest BCUT2D eigenvalue weighted by molar-refractivity contribution is 6.30. The molecule has 1 aliphatic heterocycles. The quantitative estimate of drug-likeness (QED) is 0.868. The van der Waals surface area contributed by atoms with E-state index in [1.54, 1.807) is 36.2 Å². The minimum Gasteiger partial charge on any atom is -0.364 e. The van der Waals surface area contributed by atoms with Crippen molar-refractivity contribution in [3.05, 3.63) is 70.5 Å². The first-order valence-corrected chi connectivity index (χ1v) is 9.00. The molecule has 0 radical (unpaired) electrons. The number of likely N-dealkylation sites (N-methyl/N-ethyl adjacent to an activating group) is 1. The summed E-state index contributed by atoms with van der Waals surface area (Å²) in [5, 5.41) is 0.616. The highest BCUT2D eigenvalue weighted by atomic mass is 35.5. The van der Waals surface area contributed by atoms with Crippen LogP contribution in [0.5, 0.6) is 0 Å². The molecule has 1 amide bonds. The molecule has 138 valence electrons. The Labute approximate surface area is 157 Å². The second-order valence-electron chi connectivity index (χ2n) is 6.51. The normalized spacial score (nSPS) is 20.8. The molecule has 6 heteroatoms. The van der Waals surface area contributed by atoms with E-state index in [0.717, 1.165) is 17.5 Å². The summed E-state index contributed by atoms with van der Waals surface area (Å²) in [5.41, 5.74) is 7.36. The summed E-state index contributed by atoms with van der Waals surface area (Å²) in [5.74, 6) is -0.423. The van der Waals surface area contributed by atoms with Gasteiger partial charge in [0, 0.05) is 18.6 Å². The van der Waals surface area contributed by atoms with Crippen LogP contribution in [0.1, 0.15) is 30.0 Å². The van der Waals surface area contributed by atoms with E-state index in [4.69, 9.17) is 22.1 Å². The first-order chi connectivity index (χ1) is 12.5. The Bertz CT molecular complexity index is 706. The van der Waals surface area contributed by atoms with Crippen LogP contribution in [0.2, 0.25) is 5.02 Å². The van der Waals surface area contributed by atoms with Crippen LogP contribution in [0.3, 0.4) is 0 Å². The van der Waals surface area contributed by atoms with Gasteiger partial charge in [0.1, 0.15) is 11.9 Å². The SMILES string of the molecule is CN(C(=O)[C@@H]1CC[C@H](CN)O1)C(c1ccc(F)cc1)c1ccc(Cl)cc1. The summed E-state index contributed by atoms with van der Waals surface area (Å²) in [6.07, 6.45) is 0.867. The molecule has 0 aliphatic carbocycles. The Morgan fingerprint density at radius 3 is 2.31 bits per heavy atom. The van der Waals surface area contributed by atoms with E-state index in [1.807, 2.05) is 12.1 Å². The van der Waals surface area contributed by atoms with Gasteiger partial charge in [-0.05, 0) is 48.2 Å². The van der Waals surface area contributed by atoms with Gasteiger partial charge in [-0.15, -0.1) is 0 Å². The maximum Gasteiger partial charge on any atom is 0.252 e. The number of benzene rings is 2. The maximum atomic E-state index is 13.4. The standard InChI is InChI=1S/C20H22ClFN2O2/c1-24(20(25)18-11-10-17(12-23)26-18)19(13-2-6-15(21)7-3-13)14-4-8-16(22)9-5-14/h2-9,17-19H,10-12,23H2,1H3/t17-,18+,19?/m1/s1. The zero-order valence-electron chi connectivity index (χ0n) is 14.6. The number of rotatable bonds is 5. The topological polar surface area (TPSA) is 55.6 Å². The van der Waals surface area contributed by atoms with Crippen molar-refractivity contribution in [2.45, 2.75) is 31.1 Å². The molecule has 2 aromatic rings. The smallest absolute Gasteiger partial charge is 0.252 e. The van der Waals surface area contributed by atoms with Crippen LogP contribution in [0.25, 0.3) is 0 Å². The van der Waals surface area contributed by atoms with Crippen LogP contribution in [0.15, 0.2) is 48.5 Å². The summed E-state index contributed by atoms with van der Waals surface area (Å²) in [7, 11) is 1.74. The van der Waals surface area contributed by atoms with E-state index in [1.165, 1.54) is 12.1 Å². The number of amides is 1. The Morgan fingerprint density at radius 2 is 1.77 bits per heavy atom. The lowest BCUT2D eigenvalue weighted by atomic mass is 9.96. The van der Waals surface area contributed by atoms with Crippen LogP contribution in [-0.4, -0.2) is 36.6 Å². The van der Waals surface area contributed by atoms with Gasteiger partial charge in [0.25, 0.3) is 5.91 Å². The highest BCUT2D eigenvalue weighted by Gasteiger charge is 2.34. The number of hydrogen-bond acceptors (Lipinski definition) is 3. The van der Waals surface area contributed by atoms with Crippen LogP contribution in [-0.2, 0) is 9.53 Å². The van der Waals surface area contributed by atoms with E-state index in [0.29, 0.717) is 18.0 Å². The van der Waals surface area contributed by atoms with Crippen molar-refractivity contribution in [1.82, 2.24) is 4.90 Å². The fraction of sp³-hybridized carbons (Fsp3) is 0.350. The summed E-state index contributed by atoms with van der Waals surface area (Å²) in [6.45, 7) is 0.409. The van der Waals surface area contributed by atoms with Gasteiger partial charge in [0.2, 0.25) is 0 Å². The Morgan fingerprint density at radius 1 is 1.19 bits per heavy atom. The van der Waals surface area contributed by atoms with Gasteiger partial charge in [-0.2, -0.15) is 0 Å². The van der Waals surface area contributed by atoms with Crippen LogP contribution in [0, 0.1) is 5.82 Å². The van der Waals surface area contributed by atoms with Gasteiger partial charge in [-0.1, -0.05) is 35.9 Å². The predicted octanol–water partition coefficient (Wildman–Crippen LogP) is 3.53. The predicted molar refractivity (Wildman–Crippen MR) is 99.4 cm³/mol. The number of halogens is 2. The molecule has 2 aromatic carbocycles. The lowest BCUT2D eigenvalue weighted by Crippen LogP contribution is -2.39. The summed E-state index contributed by atoms with van der Waals surface area (Å²) < 4.78 is 19.1. The zero-order valence-corrected chi connectivity index (χ0v) is 15.3.